The van der Waals surface area contributed by atoms with Gasteiger partial charge in [-0.3, -0.25) is 9.59 Å². The smallest absolute Gasteiger partial charge is 0.237 e. The second-order valence-corrected chi connectivity index (χ2v) is 10.6. The number of nitrogens with one attached hydrogen (secondary N) is 2. The molecule has 214 valence electrons. The van der Waals surface area contributed by atoms with Gasteiger partial charge in [-0.05, 0) is 66.0 Å². The minimum atomic E-state index is -0.993. The number of benzene rings is 3. The predicted molar refractivity (Wildman–Crippen MR) is 158 cm³/mol. The lowest BCUT2D eigenvalue weighted by Crippen LogP contribution is -2.52. The van der Waals surface area contributed by atoms with Gasteiger partial charge in [-0.2, -0.15) is 0 Å². The van der Waals surface area contributed by atoms with Gasteiger partial charge in [-0.1, -0.05) is 68.4 Å². The van der Waals surface area contributed by atoms with Crippen LogP contribution in [0.5, 0.6) is 0 Å². The largest absolute Gasteiger partial charge is 0.383 e. The van der Waals surface area contributed by atoms with Crippen LogP contribution in [0.2, 0.25) is 0 Å². The lowest BCUT2D eigenvalue weighted by atomic mass is 9.96. The van der Waals surface area contributed by atoms with E-state index >= 15 is 0 Å². The number of pyridine rings is 1. The van der Waals surface area contributed by atoms with Gasteiger partial charge in [0.1, 0.15) is 5.82 Å². The third-order valence-corrected chi connectivity index (χ3v) is 7.06. The van der Waals surface area contributed by atoms with Gasteiger partial charge in [-0.15, -0.1) is 0 Å². The maximum Gasteiger partial charge on any atom is 0.237 e. The number of ketones is 1. The van der Waals surface area contributed by atoms with E-state index in [1.807, 2.05) is 68.4 Å². The van der Waals surface area contributed by atoms with Crippen molar-refractivity contribution in [2.75, 3.05) is 5.73 Å². The maximum atomic E-state index is 14.0. The Morgan fingerprint density at radius 1 is 0.854 bits per heavy atom. The minimum Gasteiger partial charge on any atom is -0.383 e. The standard InChI is InChI=1S/C33H36F2N4O2/c1-21(2)38-29(14-10-22-6-4-3-5-7-22)33(41)39-30(20-24-9-13-27(34)28(35)19-24)31(40)15-11-23-8-12-26-25(18-23)16-17-37-32(26)36/h3-9,12-13,16-19,21,29-30,38H,10-11,14-15,20H2,1-2H3,(H2,36,37)(H,39,41)/t29-,30+/m1/s1. The number of Topliss-reactive ketones (excluding diaryl/α,β-unsaturated/α-hetero) is 1. The van der Waals surface area contributed by atoms with E-state index in [4.69, 9.17) is 5.73 Å². The van der Waals surface area contributed by atoms with E-state index in [0.717, 1.165) is 34.0 Å². The molecule has 0 unspecified atom stereocenters. The quantitative estimate of drug-likeness (QED) is 0.206. The summed E-state index contributed by atoms with van der Waals surface area (Å²) in [6.07, 6.45) is 3.52. The molecule has 0 aliphatic heterocycles. The van der Waals surface area contributed by atoms with E-state index in [1.165, 1.54) is 6.07 Å². The van der Waals surface area contributed by atoms with Crippen molar-refractivity contribution < 1.29 is 18.4 Å². The first kappa shape index (κ1) is 29.8. The highest BCUT2D eigenvalue weighted by molar-refractivity contribution is 5.92. The first-order valence-corrected chi connectivity index (χ1v) is 13.9. The lowest BCUT2D eigenvalue weighted by Gasteiger charge is -2.25. The molecule has 1 amide bonds. The van der Waals surface area contributed by atoms with Gasteiger partial charge in [0, 0.05) is 24.0 Å². The van der Waals surface area contributed by atoms with Crippen LogP contribution in [-0.2, 0) is 28.9 Å². The highest BCUT2D eigenvalue weighted by Gasteiger charge is 2.26. The first-order valence-electron chi connectivity index (χ1n) is 13.9. The van der Waals surface area contributed by atoms with E-state index in [1.54, 1.807) is 6.20 Å². The zero-order valence-corrected chi connectivity index (χ0v) is 23.4. The van der Waals surface area contributed by atoms with Crippen molar-refractivity contribution in [2.45, 2.75) is 64.1 Å². The number of carbonyl (C=O) groups excluding carboxylic acids is 2. The Morgan fingerprint density at radius 2 is 1.61 bits per heavy atom. The maximum absolute atomic E-state index is 14.0. The third kappa shape index (κ3) is 8.41. The molecule has 4 aromatic rings. The summed E-state index contributed by atoms with van der Waals surface area (Å²) in [5, 5.41) is 7.99. The normalized spacial score (nSPS) is 12.8. The zero-order chi connectivity index (χ0) is 29.4. The SMILES string of the molecule is CC(C)N[C@H](CCc1ccccc1)C(=O)N[C@@H](Cc1ccc(F)c(F)c1)C(=O)CCc1ccc2c(N)nccc2c1. The molecule has 0 bridgehead atoms. The average molecular weight is 559 g/mol. The van der Waals surface area contributed by atoms with Crippen molar-refractivity contribution in [3.05, 3.63) is 107 Å². The summed E-state index contributed by atoms with van der Waals surface area (Å²) >= 11 is 0. The van der Waals surface area contributed by atoms with Crippen molar-refractivity contribution in [3.63, 3.8) is 0 Å². The Labute approximate surface area is 239 Å². The van der Waals surface area contributed by atoms with Gasteiger partial charge in [-0.25, -0.2) is 13.8 Å². The van der Waals surface area contributed by atoms with Gasteiger partial charge < -0.3 is 16.4 Å². The van der Waals surface area contributed by atoms with Crippen LogP contribution in [0.3, 0.4) is 0 Å². The van der Waals surface area contributed by atoms with Crippen molar-refractivity contribution in [3.8, 4) is 0 Å². The van der Waals surface area contributed by atoms with Crippen LogP contribution in [0.4, 0.5) is 14.6 Å². The number of nitrogens with two attached hydrogens (primary N) is 1. The van der Waals surface area contributed by atoms with Crippen LogP contribution in [0, 0.1) is 11.6 Å². The predicted octanol–water partition coefficient (Wildman–Crippen LogP) is 5.32. The van der Waals surface area contributed by atoms with E-state index in [0.29, 0.717) is 30.6 Å². The van der Waals surface area contributed by atoms with Crippen LogP contribution >= 0.6 is 0 Å². The number of rotatable bonds is 13. The van der Waals surface area contributed by atoms with Crippen molar-refractivity contribution >= 4 is 28.3 Å². The van der Waals surface area contributed by atoms with Gasteiger partial charge in [0.05, 0.1) is 12.1 Å². The molecule has 0 spiro atoms. The third-order valence-electron chi connectivity index (χ3n) is 7.06. The zero-order valence-electron chi connectivity index (χ0n) is 23.4. The summed E-state index contributed by atoms with van der Waals surface area (Å²) in [6, 6.07) is 19.6. The highest BCUT2D eigenvalue weighted by Crippen LogP contribution is 2.21. The molecule has 4 N–H and O–H groups in total. The number of amides is 1. The van der Waals surface area contributed by atoms with Crippen LogP contribution < -0.4 is 16.4 Å². The van der Waals surface area contributed by atoms with E-state index in [2.05, 4.69) is 15.6 Å². The fourth-order valence-corrected chi connectivity index (χ4v) is 4.92. The molecule has 8 heteroatoms. The Bertz CT molecular complexity index is 1490. The number of aryl methyl sites for hydroxylation is 2. The summed E-state index contributed by atoms with van der Waals surface area (Å²) in [7, 11) is 0. The fourth-order valence-electron chi connectivity index (χ4n) is 4.92. The second-order valence-electron chi connectivity index (χ2n) is 10.6. The second kappa shape index (κ2) is 13.9. The van der Waals surface area contributed by atoms with Crippen molar-refractivity contribution in [1.82, 2.24) is 15.6 Å². The van der Waals surface area contributed by atoms with Gasteiger partial charge in [0.15, 0.2) is 17.4 Å². The molecule has 1 heterocycles. The van der Waals surface area contributed by atoms with Gasteiger partial charge in [0.2, 0.25) is 5.91 Å². The summed E-state index contributed by atoms with van der Waals surface area (Å²) < 4.78 is 27.6. The van der Waals surface area contributed by atoms with E-state index in [9.17, 15) is 18.4 Å². The Kier molecular flexibility index (Phi) is 10.1. The summed E-state index contributed by atoms with van der Waals surface area (Å²) in [5.41, 5.74) is 8.43. The Balaban J connectivity index is 1.50. The fraction of sp³-hybridized carbons (Fsp3) is 0.303. The molecule has 4 rings (SSSR count). The van der Waals surface area contributed by atoms with Crippen LogP contribution in [-0.4, -0.2) is 34.8 Å². The van der Waals surface area contributed by atoms with Crippen LogP contribution in [0.25, 0.3) is 10.8 Å². The highest BCUT2D eigenvalue weighted by atomic mass is 19.2. The number of halogens is 2. The molecule has 0 radical (unpaired) electrons. The molecule has 0 fully saturated rings. The molecule has 1 aromatic heterocycles. The molecular weight excluding hydrogens is 522 g/mol. The number of hydrogen-bond donors (Lipinski definition) is 3. The Hall–Kier alpha value is -4.17. The molecule has 3 aromatic carbocycles. The first-order chi connectivity index (χ1) is 19.7. The summed E-state index contributed by atoms with van der Waals surface area (Å²) in [5.74, 6) is -2.01. The van der Waals surface area contributed by atoms with Crippen LogP contribution in [0.1, 0.15) is 43.4 Å². The Morgan fingerprint density at radius 3 is 2.34 bits per heavy atom. The molecule has 0 saturated carbocycles. The minimum absolute atomic E-state index is 0.0407. The lowest BCUT2D eigenvalue weighted by molar-refractivity contribution is -0.129. The summed E-state index contributed by atoms with van der Waals surface area (Å²) in [4.78, 5) is 31.1. The van der Waals surface area contributed by atoms with Crippen molar-refractivity contribution in [1.29, 1.82) is 0 Å². The van der Waals surface area contributed by atoms with Crippen molar-refractivity contribution in [2.24, 2.45) is 0 Å². The molecule has 0 aliphatic rings. The number of nitrogens with zero attached hydrogens (tertiary/aromatic N) is 1. The van der Waals surface area contributed by atoms with Crippen LogP contribution in [0.15, 0.2) is 79.0 Å². The molecule has 0 aliphatic carbocycles. The number of hydrogen-bond acceptors (Lipinski definition) is 5. The van der Waals surface area contributed by atoms with Gasteiger partial charge >= 0.3 is 0 Å². The molecule has 0 saturated heterocycles. The van der Waals surface area contributed by atoms with E-state index in [-0.39, 0.29) is 30.6 Å². The number of nitrogen functional groups attached to an aromatic ring is 1. The number of aromatic nitrogens is 1. The molecule has 41 heavy (non-hydrogen) atoms. The topological polar surface area (TPSA) is 97.1 Å². The molecule has 6 nitrogen and oxygen atoms in total. The number of anilines is 1. The summed E-state index contributed by atoms with van der Waals surface area (Å²) in [6.45, 7) is 3.92. The molecular formula is C33H36F2N4O2. The monoisotopic (exact) mass is 558 g/mol. The van der Waals surface area contributed by atoms with E-state index < -0.39 is 23.7 Å². The number of fused-ring (bicyclic) bond motifs is 1. The number of carbonyl (C=O) groups is 2. The van der Waals surface area contributed by atoms with Gasteiger partial charge in [0.25, 0.3) is 0 Å². The molecule has 2 atom stereocenters. The average Bonchev–Trinajstić information content (AvgIpc) is 2.96.